The smallest absolute Gasteiger partial charge is 0.261 e. The summed E-state index contributed by atoms with van der Waals surface area (Å²) in [6.45, 7) is 0.568. The van der Waals surface area contributed by atoms with Crippen LogP contribution in [0.3, 0.4) is 0 Å². The molecule has 2 fully saturated rings. The average Bonchev–Trinajstić information content (AvgIpc) is 3.48. The zero-order valence-electron chi connectivity index (χ0n) is 17.8. The van der Waals surface area contributed by atoms with Crippen LogP contribution in [0.4, 0.5) is 11.4 Å². The van der Waals surface area contributed by atoms with Gasteiger partial charge in [0.1, 0.15) is 17.5 Å². The van der Waals surface area contributed by atoms with Gasteiger partial charge in [0, 0.05) is 30.1 Å². The lowest BCUT2D eigenvalue weighted by Crippen LogP contribution is -2.46. The van der Waals surface area contributed by atoms with Crippen molar-refractivity contribution in [3.8, 4) is 11.5 Å². The maximum Gasteiger partial charge on any atom is 0.261 e. The number of benzene rings is 2. The second kappa shape index (κ2) is 9.95. The van der Waals surface area contributed by atoms with Crippen LogP contribution in [0.1, 0.15) is 12.8 Å². The third-order valence-corrected chi connectivity index (χ3v) is 6.46. The summed E-state index contributed by atoms with van der Waals surface area (Å²) in [7, 11) is 1.58. The van der Waals surface area contributed by atoms with Crippen molar-refractivity contribution in [2.45, 2.75) is 18.9 Å². The molecule has 0 bridgehead atoms. The van der Waals surface area contributed by atoms with Gasteiger partial charge in [-0.25, -0.2) is 0 Å². The summed E-state index contributed by atoms with van der Waals surface area (Å²) in [5.74, 6) is 1.87. The summed E-state index contributed by atoms with van der Waals surface area (Å²) in [6, 6.07) is 13.6. The Morgan fingerprint density at radius 3 is 2.47 bits per heavy atom. The van der Waals surface area contributed by atoms with Crippen LogP contribution in [-0.2, 0) is 14.4 Å². The first-order valence-electron chi connectivity index (χ1n) is 10.4. The Hall–Kier alpha value is -3.20. The Bertz CT molecular complexity index is 980. The molecule has 32 heavy (non-hydrogen) atoms. The monoisotopic (exact) mass is 455 g/mol. The van der Waals surface area contributed by atoms with E-state index in [4.69, 9.17) is 9.47 Å². The third kappa shape index (κ3) is 4.99. The minimum Gasteiger partial charge on any atom is -0.497 e. The van der Waals surface area contributed by atoms with E-state index in [0.717, 1.165) is 18.7 Å². The van der Waals surface area contributed by atoms with Gasteiger partial charge in [0.15, 0.2) is 6.61 Å². The molecule has 0 aromatic heterocycles. The summed E-state index contributed by atoms with van der Waals surface area (Å²) < 4.78 is 10.8. The Balaban J connectivity index is 1.31. The summed E-state index contributed by atoms with van der Waals surface area (Å²) in [4.78, 5) is 40.6. The number of carbonyl (C=O) groups is 3. The highest BCUT2D eigenvalue weighted by molar-refractivity contribution is 7.99. The van der Waals surface area contributed by atoms with E-state index in [1.54, 1.807) is 53.3 Å². The summed E-state index contributed by atoms with van der Waals surface area (Å²) in [6.07, 6.45) is 1.44. The second-order valence-electron chi connectivity index (χ2n) is 7.53. The Kier molecular flexibility index (Phi) is 6.84. The Labute approximate surface area is 190 Å². The molecule has 2 aromatic rings. The predicted octanol–water partition coefficient (Wildman–Crippen LogP) is 2.74. The van der Waals surface area contributed by atoms with Crippen LogP contribution >= 0.6 is 11.8 Å². The van der Waals surface area contributed by atoms with Gasteiger partial charge in [0.25, 0.3) is 5.91 Å². The highest BCUT2D eigenvalue weighted by Gasteiger charge is 2.34. The van der Waals surface area contributed by atoms with Crippen LogP contribution in [0.25, 0.3) is 0 Å². The molecule has 2 aliphatic heterocycles. The maximum absolute atomic E-state index is 12.7. The van der Waals surface area contributed by atoms with Gasteiger partial charge in [-0.2, -0.15) is 0 Å². The Morgan fingerprint density at radius 1 is 1.09 bits per heavy atom. The molecule has 3 amide bonds. The first-order valence-corrected chi connectivity index (χ1v) is 11.6. The van der Waals surface area contributed by atoms with E-state index in [1.807, 2.05) is 12.1 Å². The van der Waals surface area contributed by atoms with Crippen molar-refractivity contribution in [1.29, 1.82) is 0 Å². The van der Waals surface area contributed by atoms with Crippen LogP contribution in [-0.4, -0.2) is 60.6 Å². The molecular formula is C23H25N3O5S. The van der Waals surface area contributed by atoms with Gasteiger partial charge < -0.3 is 24.6 Å². The number of rotatable bonds is 7. The van der Waals surface area contributed by atoms with Crippen molar-refractivity contribution in [2.75, 3.05) is 42.1 Å². The van der Waals surface area contributed by atoms with Crippen molar-refractivity contribution >= 4 is 40.9 Å². The van der Waals surface area contributed by atoms with Crippen LogP contribution in [0.15, 0.2) is 48.5 Å². The van der Waals surface area contributed by atoms with Crippen LogP contribution in [0, 0.1) is 0 Å². The largest absolute Gasteiger partial charge is 0.497 e. The number of carbonyl (C=O) groups excluding carboxylic acids is 3. The minimum absolute atomic E-state index is 0.124. The van der Waals surface area contributed by atoms with E-state index >= 15 is 0 Å². The van der Waals surface area contributed by atoms with Crippen molar-refractivity contribution in [3.63, 3.8) is 0 Å². The SMILES string of the molecule is COc1ccc(NC(=O)C2CSCN2C(=O)COc2ccc(N3CCCC3=O)cc2)cc1. The van der Waals surface area contributed by atoms with Crippen molar-refractivity contribution < 1.29 is 23.9 Å². The quantitative estimate of drug-likeness (QED) is 0.691. The van der Waals surface area contributed by atoms with Gasteiger partial charge >= 0.3 is 0 Å². The highest BCUT2D eigenvalue weighted by Crippen LogP contribution is 2.25. The van der Waals surface area contributed by atoms with E-state index in [1.165, 1.54) is 11.8 Å². The molecule has 9 heteroatoms. The first-order chi connectivity index (χ1) is 15.5. The molecule has 1 atom stereocenters. The topological polar surface area (TPSA) is 88.2 Å². The fraction of sp³-hybridized carbons (Fsp3) is 0.348. The van der Waals surface area contributed by atoms with Gasteiger partial charge in [-0.1, -0.05) is 0 Å². The molecule has 0 spiro atoms. The van der Waals surface area contributed by atoms with Gasteiger partial charge in [-0.3, -0.25) is 14.4 Å². The fourth-order valence-corrected chi connectivity index (χ4v) is 4.86. The average molecular weight is 456 g/mol. The summed E-state index contributed by atoms with van der Waals surface area (Å²) >= 11 is 1.53. The lowest BCUT2D eigenvalue weighted by molar-refractivity contribution is -0.137. The van der Waals surface area contributed by atoms with Crippen LogP contribution in [0.5, 0.6) is 11.5 Å². The molecule has 2 heterocycles. The molecule has 0 radical (unpaired) electrons. The number of anilines is 2. The third-order valence-electron chi connectivity index (χ3n) is 5.45. The molecule has 2 aliphatic rings. The number of methoxy groups -OCH3 is 1. The molecule has 4 rings (SSSR count). The normalized spacial score (nSPS) is 18.0. The zero-order valence-corrected chi connectivity index (χ0v) is 18.6. The van der Waals surface area contributed by atoms with Crippen molar-refractivity contribution in [2.24, 2.45) is 0 Å². The predicted molar refractivity (Wildman–Crippen MR) is 123 cm³/mol. The second-order valence-corrected chi connectivity index (χ2v) is 8.53. The van der Waals surface area contributed by atoms with E-state index in [0.29, 0.717) is 35.2 Å². The number of ether oxygens (including phenoxy) is 2. The number of hydrogen-bond donors (Lipinski definition) is 1. The van der Waals surface area contributed by atoms with Gasteiger partial charge in [0.05, 0.1) is 13.0 Å². The number of amides is 3. The minimum atomic E-state index is -0.554. The molecule has 0 saturated carbocycles. The Morgan fingerprint density at radius 2 is 1.81 bits per heavy atom. The van der Waals surface area contributed by atoms with E-state index in [9.17, 15) is 14.4 Å². The fourth-order valence-electron chi connectivity index (χ4n) is 3.68. The van der Waals surface area contributed by atoms with E-state index in [-0.39, 0.29) is 24.3 Å². The van der Waals surface area contributed by atoms with Crippen molar-refractivity contribution in [3.05, 3.63) is 48.5 Å². The molecular weight excluding hydrogens is 430 g/mol. The number of hydrogen-bond acceptors (Lipinski definition) is 6. The summed E-state index contributed by atoms with van der Waals surface area (Å²) in [5.41, 5.74) is 1.48. The highest BCUT2D eigenvalue weighted by atomic mass is 32.2. The van der Waals surface area contributed by atoms with Gasteiger partial charge in [-0.15, -0.1) is 11.8 Å². The molecule has 2 aromatic carbocycles. The lowest BCUT2D eigenvalue weighted by Gasteiger charge is -2.23. The molecule has 0 aliphatic carbocycles. The number of nitrogens with zero attached hydrogens (tertiary/aromatic N) is 2. The van der Waals surface area contributed by atoms with E-state index < -0.39 is 6.04 Å². The van der Waals surface area contributed by atoms with Crippen molar-refractivity contribution in [1.82, 2.24) is 4.90 Å². The van der Waals surface area contributed by atoms with Gasteiger partial charge in [-0.05, 0) is 55.0 Å². The molecule has 1 unspecified atom stereocenters. The molecule has 1 N–H and O–H groups in total. The lowest BCUT2D eigenvalue weighted by atomic mass is 10.2. The number of nitrogens with one attached hydrogen (secondary N) is 1. The summed E-state index contributed by atoms with van der Waals surface area (Å²) in [5, 5.41) is 2.86. The van der Waals surface area contributed by atoms with E-state index in [2.05, 4.69) is 5.32 Å². The van der Waals surface area contributed by atoms with Crippen LogP contribution < -0.4 is 19.7 Å². The molecule has 8 nitrogen and oxygen atoms in total. The molecule has 168 valence electrons. The molecule has 2 saturated heterocycles. The number of thioether (sulfide) groups is 1. The maximum atomic E-state index is 12.7. The van der Waals surface area contributed by atoms with Crippen LogP contribution in [0.2, 0.25) is 0 Å². The zero-order chi connectivity index (χ0) is 22.5. The first kappa shape index (κ1) is 22.0. The van der Waals surface area contributed by atoms with Gasteiger partial charge in [0.2, 0.25) is 11.8 Å². The standard InChI is InChI=1S/C23H25N3O5S/c1-30-18-8-4-16(5-9-18)24-23(29)20-14-32-15-26(20)22(28)13-31-19-10-6-17(7-11-19)25-12-2-3-21(25)27/h4-11,20H,2-3,12-15H2,1H3,(H,24,29).